The van der Waals surface area contributed by atoms with Crippen molar-refractivity contribution in [2.24, 2.45) is 22.7 Å². The number of hydrogen-bond acceptors (Lipinski definition) is 4. The van der Waals surface area contributed by atoms with Crippen LogP contribution in [0.15, 0.2) is 0 Å². The van der Waals surface area contributed by atoms with E-state index in [-0.39, 0.29) is 12.8 Å². The molecule has 0 aromatic heterocycles. The van der Waals surface area contributed by atoms with Crippen LogP contribution in [-0.4, -0.2) is 44.3 Å². The van der Waals surface area contributed by atoms with Crippen molar-refractivity contribution in [3.63, 3.8) is 0 Å². The highest BCUT2D eigenvalue weighted by Crippen LogP contribution is 2.53. The Morgan fingerprint density at radius 1 is 0.529 bits per heavy atom. The molecule has 4 N–H and O–H groups in total. The summed E-state index contributed by atoms with van der Waals surface area (Å²) in [5.74, 6) is -4.87. The summed E-state index contributed by atoms with van der Waals surface area (Å²) in [7, 11) is 0. The van der Waals surface area contributed by atoms with E-state index in [1.54, 1.807) is 0 Å². The van der Waals surface area contributed by atoms with Crippen LogP contribution in [0.5, 0.6) is 0 Å². The maximum absolute atomic E-state index is 12.6. The lowest BCUT2D eigenvalue weighted by Crippen LogP contribution is -2.55. The highest BCUT2D eigenvalue weighted by Gasteiger charge is 2.62. The zero-order chi connectivity index (χ0) is 26.4. The molecule has 2 atom stereocenters. The average Bonchev–Trinajstić information content (AvgIpc) is 2.69. The lowest BCUT2D eigenvalue weighted by atomic mass is 9.55. The predicted molar refractivity (Wildman–Crippen MR) is 130 cm³/mol. The third kappa shape index (κ3) is 10.4. The van der Waals surface area contributed by atoms with E-state index < -0.39 is 47.5 Å². The summed E-state index contributed by atoms with van der Waals surface area (Å²) in [4.78, 5) is 48.7. The van der Waals surface area contributed by atoms with Crippen molar-refractivity contribution < 1.29 is 39.6 Å². The number of rotatable bonds is 21. The molecule has 34 heavy (non-hydrogen) atoms. The van der Waals surface area contributed by atoms with Gasteiger partial charge in [0.05, 0.1) is 23.7 Å². The molecule has 198 valence electrons. The quantitative estimate of drug-likeness (QED) is 0.143. The van der Waals surface area contributed by atoms with Gasteiger partial charge < -0.3 is 20.4 Å². The van der Waals surface area contributed by atoms with Crippen LogP contribution in [0.4, 0.5) is 0 Å². The van der Waals surface area contributed by atoms with Gasteiger partial charge in [0, 0.05) is 0 Å². The van der Waals surface area contributed by atoms with Crippen molar-refractivity contribution in [2.45, 2.75) is 118 Å². The monoisotopic (exact) mass is 486 g/mol. The zero-order valence-electron chi connectivity index (χ0n) is 21.5. The Hall–Kier alpha value is -2.12. The summed E-state index contributed by atoms with van der Waals surface area (Å²) in [6.45, 7) is 8.44. The molecule has 2 unspecified atom stereocenters. The van der Waals surface area contributed by atoms with Crippen molar-refractivity contribution in [1.29, 1.82) is 0 Å². The van der Waals surface area contributed by atoms with E-state index in [1.807, 2.05) is 0 Å². The van der Waals surface area contributed by atoms with Crippen molar-refractivity contribution in [2.75, 3.05) is 0 Å². The Morgan fingerprint density at radius 3 is 1.06 bits per heavy atom. The molecule has 0 spiro atoms. The number of unbranched alkanes of at least 4 members (excludes halogenated alkanes) is 6. The van der Waals surface area contributed by atoms with Crippen LogP contribution in [-0.2, 0) is 19.2 Å². The zero-order valence-corrected chi connectivity index (χ0v) is 21.5. The van der Waals surface area contributed by atoms with Gasteiger partial charge in [0.15, 0.2) is 0 Å². The second-order valence-corrected chi connectivity index (χ2v) is 10.6. The van der Waals surface area contributed by atoms with Gasteiger partial charge in [-0.25, -0.2) is 0 Å². The first kappa shape index (κ1) is 31.9. The summed E-state index contributed by atoms with van der Waals surface area (Å²) in [6.07, 6.45) is 5.36. The number of hydrogen-bond donors (Lipinski definition) is 4. The van der Waals surface area contributed by atoms with Gasteiger partial charge >= 0.3 is 23.9 Å². The molecule has 8 nitrogen and oxygen atoms in total. The summed E-state index contributed by atoms with van der Waals surface area (Å²) < 4.78 is 0. The summed E-state index contributed by atoms with van der Waals surface area (Å²) in [6, 6.07) is 0. The van der Waals surface area contributed by atoms with Crippen molar-refractivity contribution in [1.82, 2.24) is 0 Å². The second-order valence-electron chi connectivity index (χ2n) is 10.6. The number of carboxylic acid groups (broad SMARTS) is 4. The third-order valence-corrected chi connectivity index (χ3v) is 6.91. The molecule has 0 bridgehead atoms. The number of aliphatic carboxylic acids is 4. The summed E-state index contributed by atoms with van der Waals surface area (Å²) >= 11 is 0. The summed E-state index contributed by atoms with van der Waals surface area (Å²) in [5.41, 5.74) is -4.39. The third-order valence-electron chi connectivity index (χ3n) is 6.91. The molecule has 0 heterocycles. The maximum Gasteiger partial charge on any atom is 0.311 e. The number of carboxylic acids is 4. The smallest absolute Gasteiger partial charge is 0.311 e. The highest BCUT2D eigenvalue weighted by atomic mass is 16.4. The molecule has 0 saturated heterocycles. The first-order valence-corrected chi connectivity index (χ1v) is 12.7. The minimum absolute atomic E-state index is 0.177. The van der Waals surface area contributed by atoms with E-state index in [0.717, 1.165) is 38.5 Å². The Kier molecular flexibility index (Phi) is 14.7. The molecule has 0 saturated carbocycles. The standard InChI is InChI=1S/C26H46O8/c1-19(2)13-9-5-7-11-15-25(23(31)32,17-21(27)28)26(24(33)34,18-22(29)30)16-12-8-6-10-14-20(3)4/h19-20H,5-18H2,1-4H3,(H,27,28)(H,29,30)(H,31,32)(H,33,34). The first-order chi connectivity index (χ1) is 15.8. The van der Waals surface area contributed by atoms with Gasteiger partial charge in [0.1, 0.15) is 0 Å². The van der Waals surface area contributed by atoms with Gasteiger partial charge in [-0.05, 0) is 24.7 Å². The minimum atomic E-state index is -2.20. The van der Waals surface area contributed by atoms with Crippen LogP contribution < -0.4 is 0 Å². The van der Waals surface area contributed by atoms with E-state index in [0.29, 0.717) is 37.5 Å². The lowest BCUT2D eigenvalue weighted by Gasteiger charge is -2.44. The number of carbonyl (C=O) groups is 4. The minimum Gasteiger partial charge on any atom is -0.481 e. The molecule has 8 heteroatoms. The van der Waals surface area contributed by atoms with Crippen molar-refractivity contribution in [3.05, 3.63) is 0 Å². The first-order valence-electron chi connectivity index (χ1n) is 12.7. The molecule has 0 aromatic carbocycles. The molecule has 0 aliphatic carbocycles. The van der Waals surface area contributed by atoms with Crippen molar-refractivity contribution in [3.8, 4) is 0 Å². The second kappa shape index (κ2) is 15.7. The van der Waals surface area contributed by atoms with E-state index in [2.05, 4.69) is 27.7 Å². The van der Waals surface area contributed by atoms with Gasteiger partial charge in [-0.2, -0.15) is 0 Å². The average molecular weight is 487 g/mol. The fourth-order valence-corrected chi connectivity index (χ4v) is 4.95. The van der Waals surface area contributed by atoms with Gasteiger partial charge in [-0.3, -0.25) is 19.2 Å². The summed E-state index contributed by atoms with van der Waals surface area (Å²) in [5, 5.41) is 39.6. The molecule has 0 rings (SSSR count). The Labute approximate surface area is 204 Å². The van der Waals surface area contributed by atoms with Gasteiger partial charge in [0.2, 0.25) is 0 Å². The van der Waals surface area contributed by atoms with Crippen LogP contribution in [0.2, 0.25) is 0 Å². The van der Waals surface area contributed by atoms with Crippen LogP contribution >= 0.6 is 0 Å². The van der Waals surface area contributed by atoms with E-state index in [1.165, 1.54) is 0 Å². The topological polar surface area (TPSA) is 149 Å². The maximum atomic E-state index is 12.6. The van der Waals surface area contributed by atoms with Crippen LogP contribution in [0.3, 0.4) is 0 Å². The SMILES string of the molecule is CC(C)CCCCCCC(CC(=O)O)(C(=O)O)C(CCCCCCC(C)C)(CC(=O)O)C(=O)O. The van der Waals surface area contributed by atoms with Crippen LogP contribution in [0.25, 0.3) is 0 Å². The lowest BCUT2D eigenvalue weighted by molar-refractivity contribution is -0.184. The molecule has 0 aromatic rings. The normalized spacial score (nSPS) is 15.1. The van der Waals surface area contributed by atoms with Gasteiger partial charge in [-0.1, -0.05) is 91.9 Å². The van der Waals surface area contributed by atoms with Gasteiger partial charge in [0.25, 0.3) is 0 Å². The molecule has 0 amide bonds. The molecular formula is C26H46O8. The van der Waals surface area contributed by atoms with E-state index in [9.17, 15) is 39.6 Å². The fourth-order valence-electron chi connectivity index (χ4n) is 4.95. The largest absolute Gasteiger partial charge is 0.481 e. The molecule has 0 fully saturated rings. The Balaban J connectivity index is 5.87. The van der Waals surface area contributed by atoms with Crippen LogP contribution in [0.1, 0.15) is 118 Å². The van der Waals surface area contributed by atoms with Crippen molar-refractivity contribution >= 4 is 23.9 Å². The Morgan fingerprint density at radius 2 is 0.824 bits per heavy atom. The highest BCUT2D eigenvalue weighted by molar-refractivity contribution is 5.92. The molecular weight excluding hydrogens is 440 g/mol. The van der Waals surface area contributed by atoms with Crippen LogP contribution in [0, 0.1) is 22.7 Å². The van der Waals surface area contributed by atoms with Gasteiger partial charge in [-0.15, -0.1) is 0 Å². The fraction of sp³-hybridized carbons (Fsp3) is 0.846. The van der Waals surface area contributed by atoms with E-state index in [4.69, 9.17) is 0 Å². The Bertz CT molecular complexity index is 601. The molecule has 0 aliphatic rings. The van der Waals surface area contributed by atoms with E-state index >= 15 is 0 Å². The predicted octanol–water partition coefficient (Wildman–Crippen LogP) is 6.07. The molecule has 0 radical (unpaired) electrons. The molecule has 0 aliphatic heterocycles.